The van der Waals surface area contributed by atoms with E-state index in [1.807, 2.05) is 86.6 Å². The van der Waals surface area contributed by atoms with E-state index in [1.165, 1.54) is 32.1 Å². The number of aromatic amines is 1. The van der Waals surface area contributed by atoms with Gasteiger partial charge >= 0.3 is 5.76 Å². The largest absolute Gasteiger partial charge is 0.439 e. The number of nitrogens with zero attached hydrogens (tertiary/aromatic N) is 3. The summed E-state index contributed by atoms with van der Waals surface area (Å²) in [6, 6.07) is 34.7. The maximum absolute atomic E-state index is 13.8. The van der Waals surface area contributed by atoms with Crippen molar-refractivity contribution < 1.29 is 4.52 Å². The van der Waals surface area contributed by atoms with Crippen molar-refractivity contribution in [2.75, 3.05) is 0 Å². The van der Waals surface area contributed by atoms with Crippen molar-refractivity contribution in [1.29, 1.82) is 0 Å². The number of hydrogen-bond donors (Lipinski definition) is 1. The van der Waals surface area contributed by atoms with Crippen LogP contribution in [0.2, 0.25) is 0 Å². The average molecular weight is 667 g/mol. The minimum atomic E-state index is -0.591. The van der Waals surface area contributed by atoms with Crippen LogP contribution in [0.15, 0.2) is 117 Å². The zero-order valence-corrected chi connectivity index (χ0v) is 29.3. The Hall–Kier alpha value is -5.30. The molecule has 0 aliphatic heterocycles. The number of aryl methyl sites for hydroxylation is 3. The summed E-state index contributed by atoms with van der Waals surface area (Å²) in [5, 5.41) is 3.85. The summed E-state index contributed by atoms with van der Waals surface area (Å²) >= 11 is 0. The summed E-state index contributed by atoms with van der Waals surface area (Å²) in [5.41, 5.74) is 8.81. The van der Waals surface area contributed by atoms with Crippen molar-refractivity contribution in [3.63, 3.8) is 0 Å². The highest BCUT2D eigenvalue weighted by atomic mass is 16.5. The highest BCUT2D eigenvalue weighted by Gasteiger charge is 2.18. The van der Waals surface area contributed by atoms with Gasteiger partial charge in [-0.1, -0.05) is 134 Å². The molecule has 0 saturated heterocycles. The molecule has 4 aromatic carbocycles. The van der Waals surface area contributed by atoms with E-state index in [4.69, 9.17) is 9.51 Å². The molecule has 1 aliphatic carbocycles. The monoisotopic (exact) mass is 666 g/mol. The van der Waals surface area contributed by atoms with Gasteiger partial charge in [0.05, 0.1) is 11.4 Å². The van der Waals surface area contributed by atoms with Gasteiger partial charge in [0, 0.05) is 17.5 Å². The van der Waals surface area contributed by atoms with Crippen LogP contribution >= 0.6 is 0 Å². The maximum atomic E-state index is 13.8. The smallest absolute Gasteiger partial charge is 0.296 e. The second-order valence-corrected chi connectivity index (χ2v) is 13.3. The van der Waals surface area contributed by atoms with Gasteiger partial charge in [-0.05, 0) is 79.8 Å². The van der Waals surface area contributed by atoms with Gasteiger partial charge in [-0.3, -0.25) is 18.9 Å². The molecular formula is C43H46N4O3. The van der Waals surface area contributed by atoms with Crippen molar-refractivity contribution in [3.05, 3.63) is 158 Å². The van der Waals surface area contributed by atoms with Gasteiger partial charge in [0.1, 0.15) is 5.82 Å². The fraction of sp³-hybridized carbons (Fsp3) is 0.302. The van der Waals surface area contributed by atoms with E-state index < -0.39 is 5.76 Å². The minimum Gasteiger partial charge on any atom is -0.296 e. The fourth-order valence-electron chi connectivity index (χ4n) is 6.90. The van der Waals surface area contributed by atoms with Gasteiger partial charge in [-0.2, -0.15) is 0 Å². The molecule has 0 unspecified atom stereocenters. The molecule has 0 bridgehead atoms. The molecule has 7 nitrogen and oxygen atoms in total. The zero-order valence-electron chi connectivity index (χ0n) is 29.3. The van der Waals surface area contributed by atoms with E-state index in [1.54, 1.807) is 10.1 Å². The first kappa shape index (κ1) is 34.6. The Morgan fingerprint density at radius 1 is 0.800 bits per heavy atom. The van der Waals surface area contributed by atoms with E-state index in [2.05, 4.69) is 47.4 Å². The lowest BCUT2D eigenvalue weighted by molar-refractivity contribution is 0.388. The van der Waals surface area contributed by atoms with Gasteiger partial charge in [-0.25, -0.2) is 9.78 Å². The average Bonchev–Trinajstić information content (AvgIpc) is 3.60. The highest BCUT2D eigenvalue weighted by molar-refractivity contribution is 5.80. The molecule has 0 amide bonds. The molecule has 7 heteroatoms. The SMILES string of the molecule is CCCCc1nc(C)n(-c2ccc(C)cc2)c(=O)c1Cc1ccc(-c2ccccc2-c2noc(=O)[nH]2)cc1.c1ccc(C2CCCCC2)cc1. The number of unbranched alkanes of at least 4 members (excludes halogenated alkanes) is 1. The van der Waals surface area contributed by atoms with Gasteiger partial charge in [0.15, 0.2) is 5.82 Å². The first-order chi connectivity index (χ1) is 24.4. The molecule has 7 rings (SSSR count). The summed E-state index contributed by atoms with van der Waals surface area (Å²) in [7, 11) is 0. The highest BCUT2D eigenvalue weighted by Crippen LogP contribution is 2.32. The van der Waals surface area contributed by atoms with E-state index in [-0.39, 0.29) is 5.56 Å². The van der Waals surface area contributed by atoms with Crippen LogP contribution in [0.5, 0.6) is 0 Å². The van der Waals surface area contributed by atoms with Crippen LogP contribution in [0.4, 0.5) is 0 Å². The van der Waals surface area contributed by atoms with Crippen LogP contribution in [-0.2, 0) is 12.8 Å². The van der Waals surface area contributed by atoms with Crippen LogP contribution < -0.4 is 11.3 Å². The molecule has 0 spiro atoms. The second kappa shape index (κ2) is 16.4. The van der Waals surface area contributed by atoms with E-state index >= 15 is 0 Å². The number of hydrogen-bond acceptors (Lipinski definition) is 5. The van der Waals surface area contributed by atoms with Crippen LogP contribution in [0.25, 0.3) is 28.2 Å². The lowest BCUT2D eigenvalue weighted by atomic mass is 9.84. The zero-order chi connectivity index (χ0) is 34.9. The Labute approximate surface area is 294 Å². The summed E-state index contributed by atoms with van der Waals surface area (Å²) in [5.74, 6) is 1.36. The van der Waals surface area contributed by atoms with Gasteiger partial charge in [0.2, 0.25) is 0 Å². The van der Waals surface area contributed by atoms with Crippen LogP contribution in [0.1, 0.15) is 91.6 Å². The lowest BCUT2D eigenvalue weighted by Gasteiger charge is -2.21. The molecular weight excluding hydrogens is 620 g/mol. The van der Waals surface area contributed by atoms with Crippen molar-refractivity contribution in [2.24, 2.45) is 0 Å². The number of rotatable bonds is 9. The predicted octanol–water partition coefficient (Wildman–Crippen LogP) is 9.53. The molecule has 0 atom stereocenters. The number of nitrogens with one attached hydrogen (secondary N) is 1. The molecule has 1 aliphatic rings. The fourth-order valence-corrected chi connectivity index (χ4v) is 6.90. The van der Waals surface area contributed by atoms with Crippen molar-refractivity contribution in [1.82, 2.24) is 19.7 Å². The van der Waals surface area contributed by atoms with Gasteiger partial charge < -0.3 is 0 Å². The Bertz CT molecular complexity index is 2100. The summed E-state index contributed by atoms with van der Waals surface area (Å²) in [6.07, 6.45) is 10.4. The molecule has 1 saturated carbocycles. The number of H-pyrrole nitrogens is 1. The third-order valence-corrected chi connectivity index (χ3v) is 9.63. The Balaban J connectivity index is 0.000000302. The topological polar surface area (TPSA) is 93.8 Å². The molecule has 1 fully saturated rings. The van der Waals surface area contributed by atoms with E-state index in [0.717, 1.165) is 69.9 Å². The number of benzene rings is 4. The summed E-state index contributed by atoms with van der Waals surface area (Å²) in [6.45, 7) is 6.07. The molecule has 256 valence electrons. The Morgan fingerprint density at radius 2 is 1.48 bits per heavy atom. The standard InChI is InChI=1S/C31H30N4O3.C12H16/c1-4-5-10-28-27(30(36)35(21(3)32-28)24-17-11-20(2)12-18-24)19-22-13-15-23(16-14-22)25-8-6-7-9-26(25)29-33-31(37)38-34-29;1-3-7-11(8-4-1)12-9-5-2-6-10-12/h6-9,11-18H,4-5,10,19H2,1-3H3,(H,33,34,37);1,3-4,7-8,12H,2,5-6,9-10H2. The third-order valence-electron chi connectivity index (χ3n) is 9.63. The normalized spacial score (nSPS) is 13.1. The van der Waals surface area contributed by atoms with Crippen molar-refractivity contribution in [2.45, 2.75) is 84.5 Å². The number of aromatic nitrogens is 4. The first-order valence-electron chi connectivity index (χ1n) is 17.9. The van der Waals surface area contributed by atoms with Gasteiger partial charge in [0.25, 0.3) is 5.56 Å². The first-order valence-corrected chi connectivity index (χ1v) is 17.9. The van der Waals surface area contributed by atoms with Crippen molar-refractivity contribution >= 4 is 0 Å². The quantitative estimate of drug-likeness (QED) is 0.166. The Morgan fingerprint density at radius 3 is 2.14 bits per heavy atom. The second-order valence-electron chi connectivity index (χ2n) is 13.3. The van der Waals surface area contributed by atoms with Crippen LogP contribution in [0, 0.1) is 13.8 Å². The van der Waals surface area contributed by atoms with Crippen molar-refractivity contribution in [3.8, 4) is 28.2 Å². The molecule has 6 aromatic rings. The van der Waals surface area contributed by atoms with Gasteiger partial charge in [-0.15, -0.1) is 0 Å². The molecule has 2 aromatic heterocycles. The van der Waals surface area contributed by atoms with E-state index in [9.17, 15) is 9.59 Å². The predicted molar refractivity (Wildman–Crippen MR) is 201 cm³/mol. The molecule has 0 radical (unpaired) electrons. The molecule has 2 heterocycles. The van der Waals surface area contributed by atoms with Crippen LogP contribution in [-0.4, -0.2) is 19.7 Å². The molecule has 50 heavy (non-hydrogen) atoms. The van der Waals surface area contributed by atoms with E-state index in [0.29, 0.717) is 18.1 Å². The summed E-state index contributed by atoms with van der Waals surface area (Å²) in [4.78, 5) is 32.8. The minimum absolute atomic E-state index is 0.0168. The third kappa shape index (κ3) is 8.28. The Kier molecular flexibility index (Phi) is 11.3. The molecule has 1 N–H and O–H groups in total. The lowest BCUT2D eigenvalue weighted by Crippen LogP contribution is -2.28. The van der Waals surface area contributed by atoms with Crippen LogP contribution in [0.3, 0.4) is 0 Å². The maximum Gasteiger partial charge on any atom is 0.439 e. The summed E-state index contributed by atoms with van der Waals surface area (Å²) < 4.78 is 6.42.